The average Bonchev–Trinajstić information content (AvgIpc) is 2.04. The van der Waals surface area contributed by atoms with E-state index in [1.807, 2.05) is 6.92 Å². The Balaban J connectivity index is 2.22. The molecule has 0 heterocycles. The van der Waals surface area contributed by atoms with Crippen LogP contribution in [0.3, 0.4) is 0 Å². The summed E-state index contributed by atoms with van der Waals surface area (Å²) < 4.78 is 0. The highest BCUT2D eigenvalue weighted by molar-refractivity contribution is 5.78. The minimum absolute atomic E-state index is 0.138. The van der Waals surface area contributed by atoms with Gasteiger partial charge in [0.05, 0.1) is 0 Å². The van der Waals surface area contributed by atoms with Gasteiger partial charge in [0, 0.05) is 12.5 Å². The second kappa shape index (κ2) is 5.05. The van der Waals surface area contributed by atoms with Gasteiger partial charge >= 0.3 is 0 Å². The van der Waals surface area contributed by atoms with Crippen LogP contribution in [-0.4, -0.2) is 11.9 Å². The summed E-state index contributed by atoms with van der Waals surface area (Å²) in [5.74, 6) is 0.138. The fraction of sp³-hybridized carbons (Fsp3) is 0.727. The Kier molecular flexibility index (Phi) is 4.00. The van der Waals surface area contributed by atoms with E-state index in [0.717, 1.165) is 18.4 Å². The fourth-order valence-corrected chi connectivity index (χ4v) is 1.80. The van der Waals surface area contributed by atoms with Gasteiger partial charge in [-0.1, -0.05) is 31.4 Å². The van der Waals surface area contributed by atoms with Crippen LogP contribution in [0.15, 0.2) is 12.2 Å². The van der Waals surface area contributed by atoms with E-state index in [1.54, 1.807) is 0 Å². The number of carbonyl (C=O) groups is 1. The predicted molar refractivity (Wildman–Crippen MR) is 54.4 cm³/mol. The SMILES string of the molecule is C=C(C)CC(=O)NC1CCCCC1. The van der Waals surface area contributed by atoms with Crippen LogP contribution in [0, 0.1) is 0 Å². The lowest BCUT2D eigenvalue weighted by molar-refractivity contribution is -0.121. The third-order valence-corrected chi connectivity index (χ3v) is 2.43. The molecular formula is C11H19NO. The average molecular weight is 181 g/mol. The number of amides is 1. The lowest BCUT2D eigenvalue weighted by atomic mass is 9.95. The summed E-state index contributed by atoms with van der Waals surface area (Å²) in [7, 11) is 0. The molecule has 0 saturated heterocycles. The Labute approximate surface area is 80.4 Å². The fourth-order valence-electron chi connectivity index (χ4n) is 1.80. The molecule has 1 amide bonds. The molecule has 74 valence electrons. The molecule has 0 aromatic rings. The van der Waals surface area contributed by atoms with Crippen LogP contribution >= 0.6 is 0 Å². The summed E-state index contributed by atoms with van der Waals surface area (Å²) in [4.78, 5) is 11.3. The number of hydrogen-bond acceptors (Lipinski definition) is 1. The molecule has 1 saturated carbocycles. The van der Waals surface area contributed by atoms with E-state index < -0.39 is 0 Å². The maximum absolute atomic E-state index is 11.3. The zero-order chi connectivity index (χ0) is 9.68. The minimum Gasteiger partial charge on any atom is -0.353 e. The molecule has 1 fully saturated rings. The molecule has 0 aromatic carbocycles. The van der Waals surface area contributed by atoms with Crippen molar-refractivity contribution in [3.8, 4) is 0 Å². The maximum Gasteiger partial charge on any atom is 0.224 e. The van der Waals surface area contributed by atoms with E-state index >= 15 is 0 Å². The van der Waals surface area contributed by atoms with Gasteiger partial charge < -0.3 is 5.32 Å². The molecule has 0 radical (unpaired) electrons. The number of carbonyl (C=O) groups excluding carboxylic acids is 1. The summed E-state index contributed by atoms with van der Waals surface area (Å²) in [6.07, 6.45) is 6.64. The number of nitrogens with one attached hydrogen (secondary N) is 1. The smallest absolute Gasteiger partial charge is 0.224 e. The molecule has 2 nitrogen and oxygen atoms in total. The summed E-state index contributed by atoms with van der Waals surface area (Å²) in [6, 6.07) is 0.431. The molecule has 0 bridgehead atoms. The monoisotopic (exact) mass is 181 g/mol. The summed E-state index contributed by atoms with van der Waals surface area (Å²) in [5.41, 5.74) is 0.938. The van der Waals surface area contributed by atoms with Crippen molar-refractivity contribution in [2.75, 3.05) is 0 Å². The molecule has 2 heteroatoms. The van der Waals surface area contributed by atoms with E-state index in [2.05, 4.69) is 11.9 Å². The molecule has 0 atom stereocenters. The van der Waals surface area contributed by atoms with Gasteiger partial charge in [-0.25, -0.2) is 0 Å². The zero-order valence-corrected chi connectivity index (χ0v) is 8.44. The van der Waals surface area contributed by atoms with Crippen molar-refractivity contribution >= 4 is 5.91 Å². The highest BCUT2D eigenvalue weighted by Crippen LogP contribution is 2.17. The van der Waals surface area contributed by atoms with E-state index in [1.165, 1.54) is 19.3 Å². The Morgan fingerprint density at radius 1 is 1.38 bits per heavy atom. The highest BCUT2D eigenvalue weighted by Gasteiger charge is 2.14. The van der Waals surface area contributed by atoms with Crippen LogP contribution in [0.2, 0.25) is 0 Å². The van der Waals surface area contributed by atoms with Crippen molar-refractivity contribution in [1.82, 2.24) is 5.32 Å². The van der Waals surface area contributed by atoms with Crippen LogP contribution in [0.1, 0.15) is 45.4 Å². The second-order valence-corrected chi connectivity index (χ2v) is 4.04. The Morgan fingerprint density at radius 2 is 2.00 bits per heavy atom. The molecule has 0 spiro atoms. The van der Waals surface area contributed by atoms with Crippen molar-refractivity contribution in [2.45, 2.75) is 51.5 Å². The van der Waals surface area contributed by atoms with E-state index in [-0.39, 0.29) is 5.91 Å². The number of rotatable bonds is 3. The quantitative estimate of drug-likeness (QED) is 0.665. The van der Waals surface area contributed by atoms with Gasteiger partial charge in [-0.2, -0.15) is 0 Å². The molecule has 1 rings (SSSR count). The Morgan fingerprint density at radius 3 is 2.54 bits per heavy atom. The van der Waals surface area contributed by atoms with Crippen LogP contribution < -0.4 is 5.32 Å². The molecule has 0 unspecified atom stereocenters. The van der Waals surface area contributed by atoms with Gasteiger partial charge in [0.1, 0.15) is 0 Å². The lowest BCUT2D eigenvalue weighted by Gasteiger charge is -2.22. The first-order chi connectivity index (χ1) is 6.18. The van der Waals surface area contributed by atoms with Crippen molar-refractivity contribution in [3.05, 3.63) is 12.2 Å². The largest absolute Gasteiger partial charge is 0.353 e. The highest BCUT2D eigenvalue weighted by atomic mass is 16.1. The Bertz CT molecular complexity index is 192. The molecule has 0 aromatic heterocycles. The first-order valence-corrected chi connectivity index (χ1v) is 5.12. The topological polar surface area (TPSA) is 29.1 Å². The third-order valence-electron chi connectivity index (χ3n) is 2.43. The first-order valence-electron chi connectivity index (χ1n) is 5.12. The second-order valence-electron chi connectivity index (χ2n) is 4.04. The molecule has 1 N–H and O–H groups in total. The van der Waals surface area contributed by atoms with Crippen LogP contribution in [0.4, 0.5) is 0 Å². The normalized spacial score (nSPS) is 18.2. The number of hydrogen-bond donors (Lipinski definition) is 1. The first kappa shape index (κ1) is 10.3. The van der Waals surface area contributed by atoms with Crippen molar-refractivity contribution in [3.63, 3.8) is 0 Å². The standard InChI is InChI=1S/C11H19NO/c1-9(2)8-11(13)12-10-6-4-3-5-7-10/h10H,1,3-8H2,2H3,(H,12,13). The van der Waals surface area contributed by atoms with Crippen molar-refractivity contribution in [2.24, 2.45) is 0 Å². The van der Waals surface area contributed by atoms with Gasteiger partial charge in [-0.15, -0.1) is 0 Å². The lowest BCUT2D eigenvalue weighted by Crippen LogP contribution is -2.36. The Hall–Kier alpha value is -0.790. The molecule has 0 aliphatic heterocycles. The summed E-state index contributed by atoms with van der Waals surface area (Å²) >= 11 is 0. The van der Waals surface area contributed by atoms with Gasteiger partial charge in [0.25, 0.3) is 0 Å². The predicted octanol–water partition coefficient (Wildman–Crippen LogP) is 2.40. The van der Waals surface area contributed by atoms with Gasteiger partial charge in [0.2, 0.25) is 5.91 Å². The molecule has 1 aliphatic rings. The van der Waals surface area contributed by atoms with Crippen molar-refractivity contribution < 1.29 is 4.79 Å². The van der Waals surface area contributed by atoms with Crippen LogP contribution in [0.25, 0.3) is 0 Å². The molecule has 1 aliphatic carbocycles. The third kappa shape index (κ3) is 4.11. The van der Waals surface area contributed by atoms with E-state index in [0.29, 0.717) is 12.5 Å². The van der Waals surface area contributed by atoms with Crippen molar-refractivity contribution in [1.29, 1.82) is 0 Å². The van der Waals surface area contributed by atoms with Gasteiger partial charge in [-0.05, 0) is 19.8 Å². The minimum atomic E-state index is 0.138. The summed E-state index contributed by atoms with van der Waals surface area (Å²) in [6.45, 7) is 5.62. The molecule has 13 heavy (non-hydrogen) atoms. The van der Waals surface area contributed by atoms with E-state index in [4.69, 9.17) is 0 Å². The summed E-state index contributed by atoms with van der Waals surface area (Å²) in [5, 5.41) is 3.05. The van der Waals surface area contributed by atoms with Gasteiger partial charge in [-0.3, -0.25) is 4.79 Å². The zero-order valence-electron chi connectivity index (χ0n) is 8.44. The van der Waals surface area contributed by atoms with Gasteiger partial charge in [0.15, 0.2) is 0 Å². The van der Waals surface area contributed by atoms with Crippen LogP contribution in [-0.2, 0) is 4.79 Å². The maximum atomic E-state index is 11.3. The van der Waals surface area contributed by atoms with E-state index in [9.17, 15) is 4.79 Å². The molecular weight excluding hydrogens is 162 g/mol. The van der Waals surface area contributed by atoms with Crippen LogP contribution in [0.5, 0.6) is 0 Å².